The second kappa shape index (κ2) is 15.1. The second-order valence-electron chi connectivity index (χ2n) is 10.2. The summed E-state index contributed by atoms with van der Waals surface area (Å²) in [5.41, 5.74) is 2.15. The van der Waals surface area contributed by atoms with Gasteiger partial charge in [-0.3, -0.25) is 13.9 Å². The molecule has 2 amide bonds. The van der Waals surface area contributed by atoms with E-state index >= 15 is 0 Å². The molecule has 10 heteroatoms. The standard InChI is InChI=1S/C32H41N3O5S2/c1-7-28(32(37)33-23(3)4)34(21-25-15-13-24(5)14-16-25)31(36)22-35(29-11-9-10-12-30(29)40-8-2)42(38,39)27-19-17-26(41-6)18-20-27/h9-20,23,28H,7-8,21-22H2,1-6H3,(H,33,37)/t28-/m1/s1. The highest BCUT2D eigenvalue weighted by Crippen LogP contribution is 2.33. The smallest absolute Gasteiger partial charge is 0.264 e. The molecule has 8 nitrogen and oxygen atoms in total. The summed E-state index contributed by atoms with van der Waals surface area (Å²) in [6.45, 7) is 9.28. The van der Waals surface area contributed by atoms with E-state index in [0.717, 1.165) is 20.3 Å². The molecule has 1 N–H and O–H groups in total. The van der Waals surface area contributed by atoms with Gasteiger partial charge in [-0.2, -0.15) is 0 Å². The minimum absolute atomic E-state index is 0.0501. The minimum atomic E-state index is -4.20. The largest absolute Gasteiger partial charge is 0.492 e. The molecule has 42 heavy (non-hydrogen) atoms. The number of hydrogen-bond acceptors (Lipinski definition) is 6. The van der Waals surface area contributed by atoms with Crippen LogP contribution in [-0.2, 0) is 26.2 Å². The Bertz CT molecular complexity index is 1440. The minimum Gasteiger partial charge on any atom is -0.492 e. The van der Waals surface area contributed by atoms with Crippen molar-refractivity contribution >= 4 is 39.3 Å². The Labute approximate surface area is 254 Å². The van der Waals surface area contributed by atoms with E-state index < -0.39 is 28.5 Å². The molecule has 3 aromatic rings. The van der Waals surface area contributed by atoms with E-state index in [4.69, 9.17) is 4.74 Å². The van der Waals surface area contributed by atoms with Gasteiger partial charge in [0.2, 0.25) is 11.8 Å². The van der Waals surface area contributed by atoms with Crippen molar-refractivity contribution in [1.82, 2.24) is 10.2 Å². The number of sulfonamides is 1. The number of aryl methyl sites for hydroxylation is 1. The summed E-state index contributed by atoms with van der Waals surface area (Å²) >= 11 is 1.50. The maximum Gasteiger partial charge on any atom is 0.264 e. The van der Waals surface area contributed by atoms with E-state index in [1.807, 2.05) is 65.1 Å². The molecule has 3 rings (SSSR count). The summed E-state index contributed by atoms with van der Waals surface area (Å²) in [4.78, 5) is 30.0. The van der Waals surface area contributed by atoms with E-state index in [2.05, 4.69) is 5.32 Å². The highest BCUT2D eigenvalue weighted by atomic mass is 32.2. The molecule has 0 aliphatic carbocycles. The number of ether oxygens (including phenoxy) is 1. The Morgan fingerprint density at radius 1 is 0.952 bits per heavy atom. The Kier molecular flexibility index (Phi) is 11.9. The average molecular weight is 612 g/mol. The van der Waals surface area contributed by atoms with E-state index in [1.54, 1.807) is 36.4 Å². The Balaban J connectivity index is 2.11. The Hall–Kier alpha value is -3.50. The topological polar surface area (TPSA) is 96.0 Å². The van der Waals surface area contributed by atoms with Crippen LogP contribution < -0.4 is 14.4 Å². The molecule has 3 aromatic carbocycles. The van der Waals surface area contributed by atoms with Gasteiger partial charge in [0.1, 0.15) is 18.3 Å². The molecule has 0 unspecified atom stereocenters. The van der Waals surface area contributed by atoms with Gasteiger partial charge in [0.05, 0.1) is 17.2 Å². The molecule has 0 fully saturated rings. The number of benzene rings is 3. The normalized spacial score (nSPS) is 12.1. The van der Waals surface area contributed by atoms with Gasteiger partial charge in [0.25, 0.3) is 10.0 Å². The average Bonchev–Trinajstić information content (AvgIpc) is 2.97. The van der Waals surface area contributed by atoms with Crippen LogP contribution in [0.3, 0.4) is 0 Å². The number of carbonyl (C=O) groups excluding carboxylic acids is 2. The lowest BCUT2D eigenvalue weighted by atomic mass is 10.1. The predicted octanol–water partition coefficient (Wildman–Crippen LogP) is 5.64. The van der Waals surface area contributed by atoms with Crippen LogP contribution in [0.5, 0.6) is 5.75 Å². The zero-order chi connectivity index (χ0) is 30.9. The van der Waals surface area contributed by atoms with Crippen molar-refractivity contribution in [1.29, 1.82) is 0 Å². The number of anilines is 1. The summed E-state index contributed by atoms with van der Waals surface area (Å²) in [5, 5.41) is 2.92. The molecule has 0 saturated carbocycles. The van der Waals surface area contributed by atoms with Gasteiger partial charge >= 0.3 is 0 Å². The first kappa shape index (κ1) is 33.0. The number of rotatable bonds is 14. The number of hydrogen-bond donors (Lipinski definition) is 1. The van der Waals surface area contributed by atoms with Crippen LogP contribution in [-0.4, -0.2) is 56.6 Å². The number of amides is 2. The number of thioether (sulfide) groups is 1. The number of para-hydroxylation sites is 2. The first-order chi connectivity index (χ1) is 20.0. The summed E-state index contributed by atoms with van der Waals surface area (Å²) in [6, 6.07) is 20.1. The number of nitrogens with zero attached hydrogens (tertiary/aromatic N) is 2. The van der Waals surface area contributed by atoms with Crippen molar-refractivity contribution in [3.8, 4) is 5.75 Å². The summed E-state index contributed by atoms with van der Waals surface area (Å²) < 4.78 is 35.2. The zero-order valence-electron chi connectivity index (χ0n) is 25.2. The lowest BCUT2D eigenvalue weighted by Gasteiger charge is -2.34. The van der Waals surface area contributed by atoms with E-state index in [1.165, 1.54) is 28.8 Å². The van der Waals surface area contributed by atoms with Crippen LogP contribution in [0, 0.1) is 6.92 Å². The van der Waals surface area contributed by atoms with Gasteiger partial charge in [0.15, 0.2) is 0 Å². The summed E-state index contributed by atoms with van der Waals surface area (Å²) in [7, 11) is -4.20. The van der Waals surface area contributed by atoms with Crippen molar-refractivity contribution in [3.63, 3.8) is 0 Å². The highest BCUT2D eigenvalue weighted by molar-refractivity contribution is 7.98. The van der Waals surface area contributed by atoms with Crippen LogP contribution in [0.1, 0.15) is 45.2 Å². The molecule has 1 atom stereocenters. The number of nitrogens with one attached hydrogen (secondary N) is 1. The first-order valence-electron chi connectivity index (χ1n) is 14.1. The third kappa shape index (κ3) is 8.29. The molecule has 226 valence electrons. The van der Waals surface area contributed by atoms with Crippen LogP contribution in [0.4, 0.5) is 5.69 Å². The fraction of sp³-hybridized carbons (Fsp3) is 0.375. The van der Waals surface area contributed by atoms with E-state index in [-0.39, 0.29) is 29.1 Å². The van der Waals surface area contributed by atoms with Gasteiger partial charge in [-0.25, -0.2) is 8.42 Å². The number of carbonyl (C=O) groups is 2. The maximum atomic E-state index is 14.2. The molecular weight excluding hydrogens is 571 g/mol. The van der Waals surface area contributed by atoms with Gasteiger partial charge in [-0.05, 0) is 82.3 Å². The van der Waals surface area contributed by atoms with Crippen molar-refractivity contribution in [3.05, 3.63) is 83.9 Å². The van der Waals surface area contributed by atoms with Crippen LogP contribution in [0.2, 0.25) is 0 Å². The third-order valence-corrected chi connectivity index (χ3v) is 9.17. The third-order valence-electron chi connectivity index (χ3n) is 6.65. The molecule has 0 saturated heterocycles. The van der Waals surface area contributed by atoms with Crippen LogP contribution >= 0.6 is 11.8 Å². The van der Waals surface area contributed by atoms with Crippen molar-refractivity contribution in [2.75, 3.05) is 23.7 Å². The van der Waals surface area contributed by atoms with Crippen LogP contribution in [0.15, 0.2) is 82.6 Å². The monoisotopic (exact) mass is 611 g/mol. The van der Waals surface area contributed by atoms with Gasteiger partial charge in [0, 0.05) is 17.5 Å². The van der Waals surface area contributed by atoms with E-state index in [9.17, 15) is 18.0 Å². The predicted molar refractivity (Wildman–Crippen MR) is 169 cm³/mol. The second-order valence-corrected chi connectivity index (χ2v) is 12.9. The zero-order valence-corrected chi connectivity index (χ0v) is 26.8. The first-order valence-corrected chi connectivity index (χ1v) is 16.7. The summed E-state index contributed by atoms with van der Waals surface area (Å²) in [5.74, 6) is -0.450. The van der Waals surface area contributed by atoms with Crippen molar-refractivity contribution in [2.45, 2.75) is 69.5 Å². The fourth-order valence-corrected chi connectivity index (χ4v) is 6.35. The van der Waals surface area contributed by atoms with Crippen LogP contribution in [0.25, 0.3) is 0 Å². The molecular formula is C32H41N3O5S2. The maximum absolute atomic E-state index is 14.2. The van der Waals surface area contributed by atoms with Gasteiger partial charge in [-0.1, -0.05) is 48.9 Å². The molecule has 0 aromatic heterocycles. The Morgan fingerprint density at radius 3 is 2.17 bits per heavy atom. The van der Waals surface area contributed by atoms with E-state index in [0.29, 0.717) is 18.8 Å². The molecule has 0 aliphatic heterocycles. The highest BCUT2D eigenvalue weighted by Gasteiger charge is 2.35. The molecule has 0 heterocycles. The molecule has 0 radical (unpaired) electrons. The SMILES string of the molecule is CCOc1ccccc1N(CC(=O)N(Cc1ccc(C)cc1)[C@H](CC)C(=O)NC(C)C)S(=O)(=O)c1ccc(SC)cc1. The van der Waals surface area contributed by atoms with Crippen molar-refractivity contribution < 1.29 is 22.7 Å². The molecule has 0 aliphatic rings. The summed E-state index contributed by atoms with van der Waals surface area (Å²) in [6.07, 6.45) is 2.27. The van der Waals surface area contributed by atoms with Gasteiger partial charge in [-0.15, -0.1) is 11.8 Å². The van der Waals surface area contributed by atoms with Crippen molar-refractivity contribution in [2.24, 2.45) is 0 Å². The fourth-order valence-electron chi connectivity index (χ4n) is 4.52. The Morgan fingerprint density at radius 2 is 1.60 bits per heavy atom. The molecule has 0 bridgehead atoms. The molecule has 0 spiro atoms. The van der Waals surface area contributed by atoms with Gasteiger partial charge < -0.3 is 15.0 Å². The lowest BCUT2D eigenvalue weighted by Crippen LogP contribution is -2.53. The quantitative estimate of drug-likeness (QED) is 0.237. The lowest BCUT2D eigenvalue weighted by molar-refractivity contribution is -0.140.